The fourth-order valence-electron chi connectivity index (χ4n) is 7.89. The number of likely N-dealkylation sites (tertiary alicyclic amines) is 1. The van der Waals surface area contributed by atoms with E-state index in [0.29, 0.717) is 25.8 Å². The van der Waals surface area contributed by atoms with Crippen LogP contribution in [0.25, 0.3) is 0 Å². The van der Waals surface area contributed by atoms with Crippen LogP contribution < -0.4 is 21.7 Å². The van der Waals surface area contributed by atoms with E-state index in [2.05, 4.69) is 16.0 Å². The van der Waals surface area contributed by atoms with Gasteiger partial charge in [0.2, 0.25) is 17.6 Å². The molecule has 12 heteroatoms. The average Bonchev–Trinajstić information content (AvgIpc) is 3.32. The van der Waals surface area contributed by atoms with Crippen molar-refractivity contribution in [3.05, 3.63) is 35.4 Å². The van der Waals surface area contributed by atoms with Gasteiger partial charge in [-0.1, -0.05) is 78.1 Å². The van der Waals surface area contributed by atoms with Gasteiger partial charge in [0.25, 0.3) is 5.91 Å². The Bertz CT molecular complexity index is 1410. The predicted octanol–water partition coefficient (Wildman–Crippen LogP) is 1.78. The Hall–Kier alpha value is -3.96. The zero-order valence-electron chi connectivity index (χ0n) is 27.3. The van der Waals surface area contributed by atoms with Gasteiger partial charge in [0.1, 0.15) is 18.1 Å². The summed E-state index contributed by atoms with van der Waals surface area (Å²) in [4.78, 5) is 80.0. The number of Topliss-reactive ketones (excluding diaryl/α,β-unsaturated/α-hetero) is 1. The lowest BCUT2D eigenvalue weighted by Gasteiger charge is -2.36. The van der Waals surface area contributed by atoms with Gasteiger partial charge < -0.3 is 31.7 Å². The van der Waals surface area contributed by atoms with Gasteiger partial charge in [0.15, 0.2) is 0 Å². The lowest BCUT2D eigenvalue weighted by molar-refractivity contribution is -0.144. The van der Waals surface area contributed by atoms with Gasteiger partial charge in [-0.05, 0) is 64.9 Å². The molecule has 5 rings (SSSR count). The quantitative estimate of drug-likeness (QED) is 0.229. The van der Waals surface area contributed by atoms with E-state index >= 15 is 0 Å². The molecular formula is C34H47N5O7. The maximum Gasteiger partial charge on any atom is 0.326 e. The van der Waals surface area contributed by atoms with Crippen LogP contribution in [0.4, 0.5) is 4.79 Å². The van der Waals surface area contributed by atoms with Crippen molar-refractivity contribution in [1.29, 1.82) is 0 Å². The van der Waals surface area contributed by atoms with Gasteiger partial charge in [-0.2, -0.15) is 0 Å². The molecule has 250 valence electrons. The Morgan fingerprint density at radius 1 is 1.00 bits per heavy atom. The van der Waals surface area contributed by atoms with E-state index < -0.39 is 65.1 Å². The maximum atomic E-state index is 14.5. The van der Waals surface area contributed by atoms with E-state index in [-0.39, 0.29) is 29.1 Å². The highest BCUT2D eigenvalue weighted by Gasteiger charge is 2.70. The fourth-order valence-corrected chi connectivity index (χ4v) is 7.89. The first kappa shape index (κ1) is 33.4. The van der Waals surface area contributed by atoms with Crippen molar-refractivity contribution in [3.8, 4) is 0 Å². The molecule has 1 heterocycles. The minimum Gasteiger partial charge on any atom is -0.480 e. The number of aliphatic carboxylic acids is 1. The molecule has 3 aliphatic carbocycles. The molecule has 46 heavy (non-hydrogen) atoms. The monoisotopic (exact) mass is 637 g/mol. The smallest absolute Gasteiger partial charge is 0.326 e. The van der Waals surface area contributed by atoms with E-state index in [1.54, 1.807) is 20.8 Å². The Labute approximate surface area is 269 Å². The third-order valence-electron chi connectivity index (χ3n) is 10.9. The van der Waals surface area contributed by atoms with Gasteiger partial charge in [-0.25, -0.2) is 9.59 Å². The van der Waals surface area contributed by atoms with Crippen LogP contribution in [0.3, 0.4) is 0 Å². The van der Waals surface area contributed by atoms with Crippen LogP contribution in [0.1, 0.15) is 71.4 Å². The summed E-state index contributed by atoms with van der Waals surface area (Å²) in [7, 11) is 0. The summed E-state index contributed by atoms with van der Waals surface area (Å²) in [6.45, 7) is 9.48. The van der Waals surface area contributed by atoms with Crippen molar-refractivity contribution < 1.29 is 33.9 Å². The number of urea groups is 1. The first-order valence-electron chi connectivity index (χ1n) is 16.3. The van der Waals surface area contributed by atoms with Crippen molar-refractivity contribution >= 4 is 35.5 Å². The van der Waals surface area contributed by atoms with Crippen molar-refractivity contribution in [2.24, 2.45) is 40.2 Å². The molecule has 5 amide bonds. The Kier molecular flexibility index (Phi) is 8.96. The number of benzene rings is 1. The summed E-state index contributed by atoms with van der Waals surface area (Å²) in [5.41, 5.74) is 6.45. The molecule has 1 aromatic rings. The molecule has 4 aliphatic rings. The van der Waals surface area contributed by atoms with Crippen LogP contribution in [0.2, 0.25) is 0 Å². The van der Waals surface area contributed by atoms with Gasteiger partial charge in [-0.15, -0.1) is 0 Å². The van der Waals surface area contributed by atoms with Crippen LogP contribution in [0, 0.1) is 34.5 Å². The summed E-state index contributed by atoms with van der Waals surface area (Å²) in [5.74, 6) is -4.36. The fraction of sp³-hybridized carbons (Fsp3) is 0.647. The SMILES string of the molecule is CC(C)(C)C(NC(=O)N[C@H](C(=O)N1C[C@H]2C([C@H]1C(=O)NC(CC1CCC1)C(=O)C(N)=O)C2(C)C)C1Cc2ccccc2C1)C(=O)O. The molecule has 0 radical (unpaired) electrons. The highest BCUT2D eigenvalue weighted by atomic mass is 16.4. The molecule has 1 aliphatic heterocycles. The number of piperidine rings is 1. The zero-order chi connectivity index (χ0) is 33.7. The number of carboxylic acid groups (broad SMARTS) is 1. The van der Waals surface area contributed by atoms with E-state index in [4.69, 9.17) is 5.73 Å². The summed E-state index contributed by atoms with van der Waals surface area (Å²) in [5, 5.41) is 17.9. The first-order chi connectivity index (χ1) is 21.5. The summed E-state index contributed by atoms with van der Waals surface area (Å²) < 4.78 is 0. The Balaban J connectivity index is 1.40. The van der Waals surface area contributed by atoms with Gasteiger partial charge in [0, 0.05) is 6.54 Å². The maximum absolute atomic E-state index is 14.5. The molecule has 3 unspecified atom stereocenters. The normalized spacial score (nSPS) is 25.2. The summed E-state index contributed by atoms with van der Waals surface area (Å²) >= 11 is 0. The largest absolute Gasteiger partial charge is 0.480 e. The standard InChI is InChI=1S/C34H47N5O7/c1-33(2,3)27(31(44)45)38-32(46)37-24(20-14-18-11-6-7-12-19(18)15-20)30(43)39-16-21-23(34(21,4)5)25(39)29(42)36-22(26(40)28(35)41)13-17-9-8-10-17/h6-7,11-12,17,20-25,27H,8-10,13-16H2,1-5H3,(H2,35,41)(H,36,42)(H,44,45)(H2,37,38,46)/t21-,22?,23?,24-,25-,27?/m0/s1. The van der Waals surface area contributed by atoms with Gasteiger partial charge in [0.05, 0.1) is 6.04 Å². The number of primary amides is 1. The zero-order valence-corrected chi connectivity index (χ0v) is 27.3. The van der Waals surface area contributed by atoms with Crippen molar-refractivity contribution in [1.82, 2.24) is 20.9 Å². The topological polar surface area (TPSA) is 188 Å². The minimum absolute atomic E-state index is 0.0386. The van der Waals surface area contributed by atoms with E-state index in [1.807, 2.05) is 38.1 Å². The molecule has 1 saturated heterocycles. The minimum atomic E-state index is -1.21. The molecule has 0 bridgehead atoms. The number of nitrogens with two attached hydrogens (primary N) is 1. The highest BCUT2D eigenvalue weighted by molar-refractivity contribution is 6.37. The highest BCUT2D eigenvalue weighted by Crippen LogP contribution is 2.65. The van der Waals surface area contributed by atoms with Crippen LogP contribution in [-0.4, -0.2) is 76.2 Å². The number of hydrogen-bond donors (Lipinski definition) is 5. The molecule has 0 spiro atoms. The number of carboxylic acids is 1. The third-order valence-corrected chi connectivity index (χ3v) is 10.9. The second-order valence-electron chi connectivity index (χ2n) is 15.4. The molecule has 3 fully saturated rings. The van der Waals surface area contributed by atoms with Gasteiger partial charge >= 0.3 is 12.0 Å². The summed E-state index contributed by atoms with van der Waals surface area (Å²) in [6.07, 6.45) is 4.19. The molecule has 6 atom stereocenters. The van der Waals surface area contributed by atoms with Crippen molar-refractivity contribution in [3.63, 3.8) is 0 Å². The van der Waals surface area contributed by atoms with Crippen LogP contribution in [-0.2, 0) is 36.8 Å². The summed E-state index contributed by atoms with van der Waals surface area (Å²) in [6, 6.07) is 2.80. The van der Waals surface area contributed by atoms with Crippen molar-refractivity contribution in [2.75, 3.05) is 6.54 Å². The molecule has 2 saturated carbocycles. The second-order valence-corrected chi connectivity index (χ2v) is 15.4. The average molecular weight is 638 g/mol. The third kappa shape index (κ3) is 6.48. The van der Waals surface area contributed by atoms with Crippen LogP contribution in [0.5, 0.6) is 0 Å². The number of fused-ring (bicyclic) bond motifs is 2. The van der Waals surface area contributed by atoms with Crippen molar-refractivity contribution in [2.45, 2.75) is 97.3 Å². The number of carbonyl (C=O) groups excluding carboxylic acids is 5. The molecule has 12 nitrogen and oxygen atoms in total. The lowest BCUT2D eigenvalue weighted by atomic mass is 9.80. The number of nitrogens with one attached hydrogen (secondary N) is 3. The number of nitrogens with zero attached hydrogens (tertiary/aromatic N) is 1. The number of rotatable bonds is 11. The van der Waals surface area contributed by atoms with E-state index in [1.165, 1.54) is 4.90 Å². The van der Waals surface area contributed by atoms with Crippen LogP contribution in [0.15, 0.2) is 24.3 Å². The van der Waals surface area contributed by atoms with Gasteiger partial charge in [-0.3, -0.25) is 19.2 Å². The molecule has 1 aromatic carbocycles. The number of hydrogen-bond acceptors (Lipinski definition) is 6. The Morgan fingerprint density at radius 3 is 2.11 bits per heavy atom. The first-order valence-corrected chi connectivity index (χ1v) is 16.3. The van der Waals surface area contributed by atoms with E-state index in [0.717, 1.165) is 30.4 Å². The number of carbonyl (C=O) groups is 6. The Morgan fingerprint density at radius 2 is 1.61 bits per heavy atom. The van der Waals surface area contributed by atoms with Crippen LogP contribution >= 0.6 is 0 Å². The second kappa shape index (κ2) is 12.3. The predicted molar refractivity (Wildman–Crippen MR) is 168 cm³/mol. The number of amides is 5. The molecule has 0 aromatic heterocycles. The lowest BCUT2D eigenvalue weighted by Crippen LogP contribution is -2.61. The number of ketones is 1. The molecule has 6 N–H and O–H groups in total. The molecular weight excluding hydrogens is 590 g/mol. The van der Waals surface area contributed by atoms with E-state index in [9.17, 15) is 33.9 Å².